The normalized spacial score (nSPS) is 11.2. The smallest absolute Gasteiger partial charge is 0.404 e. The summed E-state index contributed by atoms with van der Waals surface area (Å²) in [6, 6.07) is 15.0. The number of carbonyl (C=O) groups is 1. The second kappa shape index (κ2) is 8.17. The first-order valence-corrected chi connectivity index (χ1v) is 8.51. The number of carbonyl (C=O) groups excluding carboxylic acids is 1. The van der Waals surface area contributed by atoms with E-state index in [-0.39, 0.29) is 17.9 Å². The molecule has 2 aromatic carbocycles. The highest BCUT2D eigenvalue weighted by Gasteiger charge is 2.32. The van der Waals surface area contributed by atoms with Crippen molar-refractivity contribution in [1.29, 1.82) is 0 Å². The molecule has 3 rings (SSSR count). The first-order chi connectivity index (χ1) is 13.7. The van der Waals surface area contributed by atoms with Crippen LogP contribution < -0.4 is 15.6 Å². The molecular weight excluding hydrogens is 387 g/mol. The van der Waals surface area contributed by atoms with Crippen molar-refractivity contribution >= 4 is 11.6 Å². The van der Waals surface area contributed by atoms with E-state index in [9.17, 15) is 22.8 Å². The minimum absolute atomic E-state index is 0.126. The Morgan fingerprint density at radius 3 is 2.45 bits per heavy atom. The lowest BCUT2D eigenvalue weighted by Gasteiger charge is -2.14. The molecule has 0 bridgehead atoms. The number of para-hydroxylation sites is 2. The molecule has 0 radical (unpaired) electrons. The Bertz CT molecular complexity index is 1080. The zero-order chi connectivity index (χ0) is 21.0. The van der Waals surface area contributed by atoms with Crippen molar-refractivity contribution in [3.8, 4) is 5.75 Å². The van der Waals surface area contributed by atoms with Crippen molar-refractivity contribution in [2.75, 3.05) is 5.32 Å². The van der Waals surface area contributed by atoms with E-state index >= 15 is 0 Å². The van der Waals surface area contributed by atoms with E-state index in [0.29, 0.717) is 0 Å². The number of hydrogen-bond acceptors (Lipinski definition) is 4. The third kappa shape index (κ3) is 5.44. The Labute approximate surface area is 163 Å². The number of benzene rings is 2. The van der Waals surface area contributed by atoms with Crippen LogP contribution in [0.1, 0.15) is 21.6 Å². The van der Waals surface area contributed by atoms with Gasteiger partial charge in [0.1, 0.15) is 5.69 Å². The molecule has 0 aliphatic rings. The van der Waals surface area contributed by atoms with E-state index in [4.69, 9.17) is 0 Å². The molecule has 0 unspecified atom stereocenters. The third-order valence-electron chi connectivity index (χ3n) is 3.91. The molecule has 29 heavy (non-hydrogen) atoms. The largest absolute Gasteiger partial charge is 0.573 e. The maximum absolute atomic E-state index is 12.5. The Hall–Kier alpha value is -3.62. The number of hydrogen-bond donors (Lipinski definition) is 1. The zero-order valence-corrected chi connectivity index (χ0v) is 15.2. The molecule has 6 nitrogen and oxygen atoms in total. The molecule has 0 atom stereocenters. The van der Waals surface area contributed by atoms with Gasteiger partial charge in [-0.15, -0.1) is 13.2 Å². The Morgan fingerprint density at radius 2 is 1.76 bits per heavy atom. The van der Waals surface area contributed by atoms with Gasteiger partial charge in [0.05, 0.1) is 12.2 Å². The van der Waals surface area contributed by atoms with E-state index in [1.165, 1.54) is 30.3 Å². The summed E-state index contributed by atoms with van der Waals surface area (Å²) in [5, 5.41) is 6.35. The summed E-state index contributed by atoms with van der Waals surface area (Å²) in [5.41, 5.74) is 1.16. The molecule has 1 N–H and O–H groups in total. The van der Waals surface area contributed by atoms with Gasteiger partial charge < -0.3 is 10.1 Å². The first kappa shape index (κ1) is 20.1. The number of amides is 1. The Balaban J connectivity index is 1.82. The maximum Gasteiger partial charge on any atom is 0.573 e. The summed E-state index contributed by atoms with van der Waals surface area (Å²) < 4.78 is 42.6. The quantitative estimate of drug-likeness (QED) is 0.704. The predicted octanol–water partition coefficient (Wildman–Crippen LogP) is 3.75. The summed E-state index contributed by atoms with van der Waals surface area (Å²) >= 11 is 0. The average molecular weight is 403 g/mol. The van der Waals surface area contributed by atoms with E-state index < -0.39 is 23.6 Å². The topological polar surface area (TPSA) is 73.2 Å². The number of halogens is 3. The van der Waals surface area contributed by atoms with Crippen molar-refractivity contribution in [2.45, 2.75) is 19.8 Å². The highest BCUT2D eigenvalue weighted by Crippen LogP contribution is 2.30. The lowest BCUT2D eigenvalue weighted by Crippen LogP contribution is -2.27. The Morgan fingerprint density at radius 1 is 1.07 bits per heavy atom. The average Bonchev–Trinajstić information content (AvgIpc) is 2.65. The molecule has 0 saturated carbocycles. The molecule has 150 valence electrons. The van der Waals surface area contributed by atoms with Gasteiger partial charge in [-0.2, -0.15) is 5.10 Å². The standard InChI is InChI=1S/C20H16F3N3O3/c1-13-6-8-14(9-7-13)12-26-18(27)11-10-16(25-26)19(28)24-15-4-2-3-5-17(15)29-20(21,22)23/h2-11H,12H2,1H3,(H,24,28). The number of rotatable bonds is 5. The number of aromatic nitrogens is 2. The third-order valence-corrected chi connectivity index (χ3v) is 3.91. The van der Waals surface area contributed by atoms with Crippen LogP contribution in [-0.2, 0) is 6.54 Å². The number of anilines is 1. The highest BCUT2D eigenvalue weighted by molar-refractivity contribution is 6.03. The lowest BCUT2D eigenvalue weighted by molar-refractivity contribution is -0.274. The summed E-state index contributed by atoms with van der Waals surface area (Å²) in [5.74, 6) is -1.33. The summed E-state index contributed by atoms with van der Waals surface area (Å²) in [6.45, 7) is 2.08. The molecule has 0 aliphatic heterocycles. The van der Waals surface area contributed by atoms with Gasteiger partial charge in [0.15, 0.2) is 5.75 Å². The van der Waals surface area contributed by atoms with Gasteiger partial charge in [-0.1, -0.05) is 42.0 Å². The zero-order valence-electron chi connectivity index (χ0n) is 15.2. The fraction of sp³-hybridized carbons (Fsp3) is 0.150. The van der Waals surface area contributed by atoms with Crippen molar-refractivity contribution in [3.63, 3.8) is 0 Å². The van der Waals surface area contributed by atoms with Crippen molar-refractivity contribution < 1.29 is 22.7 Å². The SMILES string of the molecule is Cc1ccc(Cn2nc(C(=O)Nc3ccccc3OC(F)(F)F)ccc2=O)cc1. The fourth-order valence-electron chi connectivity index (χ4n) is 2.52. The number of nitrogens with one attached hydrogen (secondary N) is 1. The van der Waals surface area contributed by atoms with Crippen LogP contribution in [-0.4, -0.2) is 22.1 Å². The van der Waals surface area contributed by atoms with Gasteiger partial charge in [-0.3, -0.25) is 9.59 Å². The summed E-state index contributed by atoms with van der Waals surface area (Å²) in [7, 11) is 0. The molecule has 0 saturated heterocycles. The van der Waals surface area contributed by atoms with Crippen LogP contribution in [0.15, 0.2) is 65.5 Å². The number of aryl methyl sites for hydroxylation is 1. The molecule has 0 aliphatic carbocycles. The van der Waals surface area contributed by atoms with Gasteiger partial charge in [0.25, 0.3) is 11.5 Å². The molecule has 1 heterocycles. The molecular formula is C20H16F3N3O3. The van der Waals surface area contributed by atoms with Crippen LogP contribution in [0.3, 0.4) is 0 Å². The van der Waals surface area contributed by atoms with E-state index in [0.717, 1.165) is 21.9 Å². The van der Waals surface area contributed by atoms with Gasteiger partial charge >= 0.3 is 6.36 Å². The highest BCUT2D eigenvalue weighted by atomic mass is 19.4. The van der Waals surface area contributed by atoms with E-state index in [2.05, 4.69) is 15.2 Å². The van der Waals surface area contributed by atoms with E-state index in [1.54, 1.807) is 0 Å². The maximum atomic E-state index is 12.5. The van der Waals surface area contributed by atoms with Gasteiger partial charge in [0.2, 0.25) is 0 Å². The van der Waals surface area contributed by atoms with Crippen LogP contribution in [0.5, 0.6) is 5.75 Å². The van der Waals surface area contributed by atoms with Crippen LogP contribution in [0.2, 0.25) is 0 Å². The lowest BCUT2D eigenvalue weighted by atomic mass is 10.1. The van der Waals surface area contributed by atoms with Crippen LogP contribution in [0.25, 0.3) is 0 Å². The van der Waals surface area contributed by atoms with Crippen molar-refractivity contribution in [1.82, 2.24) is 9.78 Å². The fourth-order valence-corrected chi connectivity index (χ4v) is 2.52. The Kier molecular flexibility index (Phi) is 5.67. The van der Waals surface area contributed by atoms with Crippen LogP contribution in [0.4, 0.5) is 18.9 Å². The second-order valence-electron chi connectivity index (χ2n) is 6.20. The predicted molar refractivity (Wildman–Crippen MR) is 99.9 cm³/mol. The van der Waals surface area contributed by atoms with Gasteiger partial charge in [0, 0.05) is 6.07 Å². The van der Waals surface area contributed by atoms with Crippen molar-refractivity contribution in [3.05, 3.63) is 87.8 Å². The summed E-state index contributed by atoms with van der Waals surface area (Å²) in [6.07, 6.45) is -4.90. The monoisotopic (exact) mass is 403 g/mol. The molecule has 3 aromatic rings. The number of ether oxygens (including phenoxy) is 1. The second-order valence-corrected chi connectivity index (χ2v) is 6.20. The minimum Gasteiger partial charge on any atom is -0.404 e. The minimum atomic E-state index is -4.90. The number of nitrogens with zero attached hydrogens (tertiary/aromatic N) is 2. The van der Waals surface area contributed by atoms with E-state index in [1.807, 2.05) is 31.2 Å². The molecule has 1 amide bonds. The summed E-state index contributed by atoms with van der Waals surface area (Å²) in [4.78, 5) is 24.5. The molecule has 9 heteroatoms. The van der Waals surface area contributed by atoms with Crippen molar-refractivity contribution in [2.24, 2.45) is 0 Å². The molecule has 1 aromatic heterocycles. The number of alkyl halides is 3. The molecule has 0 fully saturated rings. The first-order valence-electron chi connectivity index (χ1n) is 8.51. The van der Waals surface area contributed by atoms with Crippen LogP contribution in [0, 0.1) is 6.92 Å². The van der Waals surface area contributed by atoms with Crippen LogP contribution >= 0.6 is 0 Å². The van der Waals surface area contributed by atoms with Gasteiger partial charge in [-0.05, 0) is 30.7 Å². The molecule has 0 spiro atoms. The van der Waals surface area contributed by atoms with Gasteiger partial charge in [-0.25, -0.2) is 4.68 Å².